The van der Waals surface area contributed by atoms with Crippen LogP contribution in [0.4, 0.5) is 4.39 Å². The number of benzene rings is 2. The number of nitrogens with one attached hydrogen (secondary N) is 1. The van der Waals surface area contributed by atoms with Gasteiger partial charge in [0, 0.05) is 34.1 Å². The van der Waals surface area contributed by atoms with Crippen molar-refractivity contribution >= 4 is 40.3 Å². The SMILES string of the molecule is Cc1c(CCC(=O)N[C@@H](C)CC(=O)O)c2c(F)c(O)ccc2n1C(=O)c1cccc(Cl)c1. The monoisotopic (exact) mass is 460 g/mol. The Morgan fingerprint density at radius 2 is 1.94 bits per heavy atom. The second-order valence-corrected chi connectivity index (χ2v) is 8.01. The number of phenols is 1. The van der Waals surface area contributed by atoms with Crippen molar-refractivity contribution in [1.29, 1.82) is 0 Å². The van der Waals surface area contributed by atoms with Crippen LogP contribution in [0, 0.1) is 12.7 Å². The number of carboxylic acids is 1. The number of hydrogen-bond donors (Lipinski definition) is 3. The van der Waals surface area contributed by atoms with E-state index in [-0.39, 0.29) is 30.2 Å². The molecule has 168 valence electrons. The van der Waals surface area contributed by atoms with Crippen molar-refractivity contribution in [2.24, 2.45) is 0 Å². The Balaban J connectivity index is 1.99. The first-order chi connectivity index (χ1) is 15.1. The van der Waals surface area contributed by atoms with Gasteiger partial charge in [-0.15, -0.1) is 0 Å². The molecular weight excluding hydrogens is 439 g/mol. The average Bonchev–Trinajstić information content (AvgIpc) is 2.99. The van der Waals surface area contributed by atoms with E-state index in [1.165, 1.54) is 22.8 Å². The summed E-state index contributed by atoms with van der Waals surface area (Å²) < 4.78 is 16.2. The molecule has 1 atom stereocenters. The van der Waals surface area contributed by atoms with Crippen LogP contribution in [-0.2, 0) is 16.0 Å². The van der Waals surface area contributed by atoms with Crippen LogP contribution in [-0.4, -0.2) is 38.6 Å². The van der Waals surface area contributed by atoms with Crippen LogP contribution in [0.5, 0.6) is 5.75 Å². The maximum absolute atomic E-state index is 14.9. The highest BCUT2D eigenvalue weighted by Crippen LogP contribution is 2.34. The maximum atomic E-state index is 14.9. The molecule has 7 nitrogen and oxygen atoms in total. The van der Waals surface area contributed by atoms with Crippen molar-refractivity contribution in [2.45, 2.75) is 39.2 Å². The largest absolute Gasteiger partial charge is 0.505 e. The standard InChI is InChI=1S/C23H22ClFN2O5/c1-12(10-20(30)31)26-19(29)9-6-16-13(2)27(17-7-8-18(28)22(25)21(16)17)23(32)14-4-3-5-15(24)11-14/h3-5,7-8,11-12,28H,6,9-10H2,1-2H3,(H,26,29)(H,30,31)/t12-/m0/s1. The summed E-state index contributed by atoms with van der Waals surface area (Å²) in [5.41, 5.74) is 1.40. The van der Waals surface area contributed by atoms with E-state index in [1.54, 1.807) is 32.0 Å². The molecule has 0 spiro atoms. The van der Waals surface area contributed by atoms with Gasteiger partial charge in [0.05, 0.1) is 11.9 Å². The molecule has 32 heavy (non-hydrogen) atoms. The van der Waals surface area contributed by atoms with Crippen LogP contribution in [0.25, 0.3) is 10.9 Å². The van der Waals surface area contributed by atoms with Gasteiger partial charge in [0.1, 0.15) is 0 Å². The summed E-state index contributed by atoms with van der Waals surface area (Å²) in [6.07, 6.45) is -0.185. The van der Waals surface area contributed by atoms with Crippen LogP contribution < -0.4 is 5.32 Å². The van der Waals surface area contributed by atoms with Crippen molar-refractivity contribution in [3.8, 4) is 5.75 Å². The van der Waals surface area contributed by atoms with Crippen molar-refractivity contribution in [3.63, 3.8) is 0 Å². The zero-order chi connectivity index (χ0) is 23.6. The molecule has 1 aromatic heterocycles. The molecule has 3 N–H and O–H groups in total. The zero-order valence-corrected chi connectivity index (χ0v) is 18.2. The number of aryl methyl sites for hydroxylation is 1. The van der Waals surface area contributed by atoms with E-state index in [0.717, 1.165) is 0 Å². The van der Waals surface area contributed by atoms with Gasteiger partial charge in [-0.05, 0) is 56.2 Å². The van der Waals surface area contributed by atoms with E-state index in [4.69, 9.17) is 16.7 Å². The number of halogens is 2. The molecule has 0 unspecified atom stereocenters. The number of amides is 1. The number of fused-ring (bicyclic) bond motifs is 1. The summed E-state index contributed by atoms with van der Waals surface area (Å²) in [5, 5.41) is 21.7. The number of nitrogens with zero attached hydrogens (tertiary/aromatic N) is 1. The van der Waals surface area contributed by atoms with Gasteiger partial charge >= 0.3 is 5.97 Å². The quantitative estimate of drug-likeness (QED) is 0.493. The molecule has 0 aliphatic rings. The minimum absolute atomic E-state index is 0.0512. The highest BCUT2D eigenvalue weighted by atomic mass is 35.5. The lowest BCUT2D eigenvalue weighted by atomic mass is 10.0. The molecule has 0 saturated carbocycles. The normalized spacial score (nSPS) is 12.0. The molecule has 0 fully saturated rings. The van der Waals surface area contributed by atoms with Crippen LogP contribution in [0.3, 0.4) is 0 Å². The summed E-state index contributed by atoms with van der Waals surface area (Å²) in [6.45, 7) is 3.21. The summed E-state index contributed by atoms with van der Waals surface area (Å²) in [4.78, 5) is 36.3. The third-order valence-electron chi connectivity index (χ3n) is 5.18. The number of aliphatic carboxylic acids is 1. The van der Waals surface area contributed by atoms with Gasteiger partial charge in [0.15, 0.2) is 11.6 Å². The average molecular weight is 461 g/mol. The van der Waals surface area contributed by atoms with E-state index in [0.29, 0.717) is 21.8 Å². The number of carbonyl (C=O) groups is 3. The fourth-order valence-electron chi connectivity index (χ4n) is 3.74. The molecule has 3 aromatic rings. The van der Waals surface area contributed by atoms with Crippen molar-refractivity contribution in [2.75, 3.05) is 0 Å². The molecule has 1 heterocycles. The second kappa shape index (κ2) is 9.40. The summed E-state index contributed by atoms with van der Waals surface area (Å²) in [5.74, 6) is -3.30. The first-order valence-electron chi connectivity index (χ1n) is 9.93. The van der Waals surface area contributed by atoms with Gasteiger partial charge in [0.2, 0.25) is 5.91 Å². The molecule has 9 heteroatoms. The second-order valence-electron chi connectivity index (χ2n) is 7.57. The fraction of sp³-hybridized carbons (Fsp3) is 0.261. The van der Waals surface area contributed by atoms with Gasteiger partial charge in [-0.2, -0.15) is 0 Å². The Morgan fingerprint density at radius 3 is 2.59 bits per heavy atom. The molecule has 0 bridgehead atoms. The van der Waals surface area contributed by atoms with Crippen molar-refractivity contribution in [1.82, 2.24) is 9.88 Å². The van der Waals surface area contributed by atoms with Gasteiger partial charge in [-0.3, -0.25) is 19.0 Å². The molecular formula is C23H22ClFN2O5. The van der Waals surface area contributed by atoms with Crippen molar-refractivity contribution in [3.05, 3.63) is 64.1 Å². The van der Waals surface area contributed by atoms with E-state index in [1.807, 2.05) is 0 Å². The Hall–Kier alpha value is -3.39. The topological polar surface area (TPSA) is 109 Å². The fourth-order valence-corrected chi connectivity index (χ4v) is 3.93. The van der Waals surface area contributed by atoms with Crippen LogP contribution >= 0.6 is 11.6 Å². The Kier molecular flexibility index (Phi) is 6.84. The molecule has 0 radical (unpaired) electrons. The lowest BCUT2D eigenvalue weighted by Crippen LogP contribution is -2.34. The lowest BCUT2D eigenvalue weighted by molar-refractivity contribution is -0.137. The maximum Gasteiger partial charge on any atom is 0.305 e. The van der Waals surface area contributed by atoms with Crippen LogP contribution in [0.2, 0.25) is 5.02 Å². The molecule has 0 saturated heterocycles. The number of aromatic nitrogens is 1. The Labute approximate surface area is 188 Å². The van der Waals surface area contributed by atoms with E-state index >= 15 is 0 Å². The first-order valence-corrected chi connectivity index (χ1v) is 10.3. The summed E-state index contributed by atoms with van der Waals surface area (Å²) >= 11 is 6.01. The third-order valence-corrected chi connectivity index (χ3v) is 5.41. The summed E-state index contributed by atoms with van der Waals surface area (Å²) in [7, 11) is 0. The number of hydrogen-bond acceptors (Lipinski definition) is 4. The minimum Gasteiger partial charge on any atom is -0.505 e. The van der Waals surface area contributed by atoms with Gasteiger partial charge < -0.3 is 15.5 Å². The third kappa shape index (κ3) is 4.75. The first kappa shape index (κ1) is 23.3. The van der Waals surface area contributed by atoms with Gasteiger partial charge in [0.25, 0.3) is 5.91 Å². The highest BCUT2D eigenvalue weighted by molar-refractivity contribution is 6.31. The van der Waals surface area contributed by atoms with E-state index < -0.39 is 35.4 Å². The lowest BCUT2D eigenvalue weighted by Gasteiger charge is -2.11. The number of rotatable bonds is 7. The molecule has 2 aromatic carbocycles. The number of aromatic hydroxyl groups is 1. The molecule has 3 rings (SSSR count). The molecule has 0 aliphatic heterocycles. The number of phenolic OH excluding ortho intramolecular Hbond substituents is 1. The Morgan fingerprint density at radius 1 is 1.22 bits per heavy atom. The summed E-state index contributed by atoms with van der Waals surface area (Å²) in [6, 6.07) is 8.41. The predicted octanol–water partition coefficient (Wildman–Crippen LogP) is 4.05. The van der Waals surface area contributed by atoms with E-state index in [2.05, 4.69) is 5.32 Å². The number of carboxylic acid groups (broad SMARTS) is 1. The minimum atomic E-state index is -1.03. The molecule has 1 amide bonds. The van der Waals surface area contributed by atoms with Gasteiger partial charge in [-0.1, -0.05) is 17.7 Å². The zero-order valence-electron chi connectivity index (χ0n) is 17.5. The predicted molar refractivity (Wildman–Crippen MR) is 118 cm³/mol. The Bertz CT molecular complexity index is 1220. The number of carbonyl (C=O) groups excluding carboxylic acids is 2. The molecule has 0 aliphatic carbocycles. The van der Waals surface area contributed by atoms with Crippen molar-refractivity contribution < 1.29 is 29.0 Å². The van der Waals surface area contributed by atoms with Crippen LogP contribution in [0.1, 0.15) is 41.4 Å². The smallest absolute Gasteiger partial charge is 0.305 e. The van der Waals surface area contributed by atoms with Gasteiger partial charge in [-0.25, -0.2) is 4.39 Å². The highest BCUT2D eigenvalue weighted by Gasteiger charge is 2.24. The van der Waals surface area contributed by atoms with Crippen LogP contribution in [0.15, 0.2) is 36.4 Å². The van der Waals surface area contributed by atoms with E-state index in [9.17, 15) is 23.9 Å².